The van der Waals surface area contributed by atoms with Crippen LogP contribution in [0, 0.1) is 5.82 Å². The number of rotatable bonds is 3. The van der Waals surface area contributed by atoms with Gasteiger partial charge in [-0.15, -0.1) is 11.6 Å². The predicted octanol–water partition coefficient (Wildman–Crippen LogP) is 5.27. The Hall–Kier alpha value is -1.29. The van der Waals surface area contributed by atoms with E-state index in [0.29, 0.717) is 11.6 Å². The highest BCUT2D eigenvalue weighted by Crippen LogP contribution is 2.24. The van der Waals surface area contributed by atoms with Crippen LogP contribution < -0.4 is 0 Å². The monoisotopic (exact) mass is 342 g/mol. The van der Waals surface area contributed by atoms with Gasteiger partial charge in [-0.2, -0.15) is 0 Å². The first-order valence-corrected chi connectivity index (χ1v) is 7.52. The summed E-state index contributed by atoms with van der Waals surface area (Å²) in [7, 11) is 0. The lowest BCUT2D eigenvalue weighted by Gasteiger charge is -2.09. The van der Waals surface area contributed by atoms with E-state index < -0.39 is 5.82 Å². The van der Waals surface area contributed by atoms with E-state index in [2.05, 4.69) is 4.98 Å². The van der Waals surface area contributed by atoms with Crippen molar-refractivity contribution in [1.82, 2.24) is 9.55 Å². The third kappa shape index (κ3) is 2.86. The molecule has 2 nitrogen and oxygen atoms in total. The normalized spacial score (nSPS) is 11.2. The molecule has 0 aliphatic carbocycles. The number of benzene rings is 2. The number of aromatic nitrogens is 2. The molecular weight excluding hydrogens is 334 g/mol. The maximum atomic E-state index is 13.2. The summed E-state index contributed by atoms with van der Waals surface area (Å²) in [6, 6.07) is 10.1. The van der Waals surface area contributed by atoms with Crippen molar-refractivity contribution in [2.75, 3.05) is 0 Å². The van der Waals surface area contributed by atoms with Crippen molar-refractivity contribution < 1.29 is 4.39 Å². The summed E-state index contributed by atoms with van der Waals surface area (Å²) in [5, 5.41) is 0.726. The van der Waals surface area contributed by atoms with Gasteiger partial charge in [-0.3, -0.25) is 0 Å². The van der Waals surface area contributed by atoms with E-state index >= 15 is 0 Å². The van der Waals surface area contributed by atoms with Gasteiger partial charge in [-0.25, -0.2) is 9.37 Å². The van der Waals surface area contributed by atoms with Crippen LogP contribution in [0.3, 0.4) is 0 Å². The zero-order valence-corrected chi connectivity index (χ0v) is 13.1. The van der Waals surface area contributed by atoms with Crippen LogP contribution in [-0.4, -0.2) is 9.55 Å². The van der Waals surface area contributed by atoms with E-state index in [9.17, 15) is 4.39 Å². The van der Waals surface area contributed by atoms with Crippen LogP contribution in [-0.2, 0) is 12.4 Å². The molecule has 2 aromatic carbocycles. The van der Waals surface area contributed by atoms with Crippen molar-refractivity contribution in [2.24, 2.45) is 0 Å². The van der Waals surface area contributed by atoms with Gasteiger partial charge >= 0.3 is 0 Å². The van der Waals surface area contributed by atoms with Crippen LogP contribution in [0.1, 0.15) is 11.4 Å². The average molecular weight is 344 g/mol. The summed E-state index contributed by atoms with van der Waals surface area (Å²) in [5.41, 5.74) is 2.58. The Balaban J connectivity index is 2.09. The number of alkyl halides is 1. The summed E-state index contributed by atoms with van der Waals surface area (Å²) in [6.45, 7) is 0.499. The van der Waals surface area contributed by atoms with Gasteiger partial charge in [0.1, 0.15) is 11.6 Å². The van der Waals surface area contributed by atoms with Gasteiger partial charge in [0.25, 0.3) is 0 Å². The van der Waals surface area contributed by atoms with Gasteiger partial charge in [0.2, 0.25) is 0 Å². The summed E-state index contributed by atoms with van der Waals surface area (Å²) < 4.78 is 15.2. The SMILES string of the molecule is Fc1ccc(Cn2c(CCl)nc3ccc(Cl)cc32)cc1Cl. The number of hydrogen-bond acceptors (Lipinski definition) is 1. The van der Waals surface area contributed by atoms with Crippen molar-refractivity contribution in [1.29, 1.82) is 0 Å². The van der Waals surface area contributed by atoms with Crippen LogP contribution in [0.25, 0.3) is 11.0 Å². The minimum absolute atomic E-state index is 0.0994. The lowest BCUT2D eigenvalue weighted by Crippen LogP contribution is -2.04. The van der Waals surface area contributed by atoms with Crippen molar-refractivity contribution in [3.63, 3.8) is 0 Å². The van der Waals surface area contributed by atoms with Gasteiger partial charge in [-0.1, -0.05) is 29.3 Å². The fraction of sp³-hybridized carbons (Fsp3) is 0.133. The zero-order chi connectivity index (χ0) is 15.0. The topological polar surface area (TPSA) is 17.8 Å². The number of hydrogen-bond donors (Lipinski definition) is 0. The Kier molecular flexibility index (Phi) is 4.07. The molecule has 3 rings (SSSR count). The minimum atomic E-state index is -0.434. The molecule has 0 spiro atoms. The Morgan fingerprint density at radius 2 is 1.90 bits per heavy atom. The first kappa shape index (κ1) is 14.6. The van der Waals surface area contributed by atoms with Gasteiger partial charge in [0.05, 0.1) is 21.9 Å². The van der Waals surface area contributed by atoms with Crippen molar-refractivity contribution in [3.8, 4) is 0 Å². The maximum absolute atomic E-state index is 13.2. The highest BCUT2D eigenvalue weighted by Gasteiger charge is 2.11. The Labute approximate surface area is 136 Å². The molecule has 0 radical (unpaired) electrons. The average Bonchev–Trinajstić information content (AvgIpc) is 2.80. The second kappa shape index (κ2) is 5.84. The molecule has 3 aromatic rings. The van der Waals surface area contributed by atoms with Crippen molar-refractivity contribution >= 4 is 45.8 Å². The molecule has 6 heteroatoms. The molecule has 0 fully saturated rings. The molecule has 0 aliphatic heterocycles. The maximum Gasteiger partial charge on any atom is 0.141 e. The van der Waals surface area contributed by atoms with E-state index in [1.807, 2.05) is 16.7 Å². The summed E-state index contributed by atoms with van der Waals surface area (Å²) in [5.74, 6) is 0.576. The van der Waals surface area contributed by atoms with Crippen LogP contribution >= 0.6 is 34.8 Å². The van der Waals surface area contributed by atoms with Gasteiger partial charge in [0, 0.05) is 11.6 Å². The third-order valence-electron chi connectivity index (χ3n) is 3.23. The highest BCUT2D eigenvalue weighted by atomic mass is 35.5. The molecular formula is C15H10Cl3FN2. The summed E-state index contributed by atoms with van der Waals surface area (Å²) >= 11 is 17.8. The van der Waals surface area contributed by atoms with Crippen molar-refractivity contribution in [2.45, 2.75) is 12.4 Å². The molecule has 0 bridgehead atoms. The predicted molar refractivity (Wildman–Crippen MR) is 84.8 cm³/mol. The molecule has 0 amide bonds. The fourth-order valence-electron chi connectivity index (χ4n) is 2.24. The molecule has 108 valence electrons. The molecule has 0 saturated carbocycles. The largest absolute Gasteiger partial charge is 0.322 e. The molecule has 0 N–H and O–H groups in total. The second-order valence-corrected chi connectivity index (χ2v) is 5.74. The molecule has 0 atom stereocenters. The van der Waals surface area contributed by atoms with E-state index in [1.54, 1.807) is 18.2 Å². The van der Waals surface area contributed by atoms with Crippen LogP contribution in [0.5, 0.6) is 0 Å². The first-order valence-electron chi connectivity index (χ1n) is 6.23. The molecule has 1 heterocycles. The second-order valence-electron chi connectivity index (χ2n) is 4.63. The standard InChI is InChI=1S/C15H10Cl3FN2/c16-7-15-20-13-4-2-10(17)6-14(13)21(15)8-9-1-3-12(19)11(18)5-9/h1-6H,7-8H2. The fourth-order valence-corrected chi connectivity index (χ4v) is 2.82. The lowest BCUT2D eigenvalue weighted by atomic mass is 10.2. The zero-order valence-electron chi connectivity index (χ0n) is 10.8. The third-order valence-corrected chi connectivity index (χ3v) is 4.00. The first-order chi connectivity index (χ1) is 10.1. The smallest absolute Gasteiger partial charge is 0.141 e. The number of nitrogens with zero attached hydrogens (tertiary/aromatic N) is 2. The Morgan fingerprint density at radius 1 is 1.10 bits per heavy atom. The van der Waals surface area contributed by atoms with E-state index in [1.165, 1.54) is 6.07 Å². The summed E-state index contributed by atoms with van der Waals surface area (Å²) in [4.78, 5) is 4.47. The van der Waals surface area contributed by atoms with Crippen LogP contribution in [0.4, 0.5) is 4.39 Å². The molecule has 1 aromatic heterocycles. The van der Waals surface area contributed by atoms with Gasteiger partial charge in [0.15, 0.2) is 0 Å². The summed E-state index contributed by atoms with van der Waals surface area (Å²) in [6.07, 6.45) is 0. The van der Waals surface area contributed by atoms with E-state index in [-0.39, 0.29) is 10.9 Å². The van der Waals surface area contributed by atoms with Gasteiger partial charge < -0.3 is 4.57 Å². The lowest BCUT2D eigenvalue weighted by molar-refractivity contribution is 0.626. The number of fused-ring (bicyclic) bond motifs is 1. The van der Waals surface area contributed by atoms with E-state index in [4.69, 9.17) is 34.8 Å². The molecule has 0 unspecified atom stereocenters. The van der Waals surface area contributed by atoms with E-state index in [0.717, 1.165) is 22.4 Å². The highest BCUT2D eigenvalue weighted by molar-refractivity contribution is 6.31. The Bertz CT molecular complexity index is 814. The quantitative estimate of drug-likeness (QED) is 0.592. The molecule has 21 heavy (non-hydrogen) atoms. The molecule has 0 saturated heterocycles. The Morgan fingerprint density at radius 3 is 2.62 bits per heavy atom. The van der Waals surface area contributed by atoms with Crippen LogP contribution in [0.15, 0.2) is 36.4 Å². The molecule has 0 aliphatic rings. The minimum Gasteiger partial charge on any atom is -0.322 e. The number of imidazole rings is 1. The van der Waals surface area contributed by atoms with Crippen LogP contribution in [0.2, 0.25) is 10.0 Å². The van der Waals surface area contributed by atoms with Crippen molar-refractivity contribution in [3.05, 3.63) is 63.6 Å². The number of halogens is 4. The van der Waals surface area contributed by atoms with Gasteiger partial charge in [-0.05, 0) is 35.9 Å².